The number of alkyl carbamates (subject to hydrolysis) is 1. The van der Waals surface area contributed by atoms with E-state index in [2.05, 4.69) is 20.7 Å². The van der Waals surface area contributed by atoms with E-state index in [1.807, 2.05) is 6.92 Å². The lowest BCUT2D eigenvalue weighted by molar-refractivity contribution is -0.140. The Kier molecular flexibility index (Phi) is 11.1. The molecular weight excluding hydrogens is 531 g/mol. The standard InChI is InChI=1S/C28H34F3N3O6/c1-6-21(17-7-9-19(10-8-17)24(36)32-16-15-22(35)39-5)33-25(37)23(34-26(38)40-27(2,3)4)18-11-13-20(14-12-18)28(29,30)31/h7-14,21,23H,6,15-16H2,1-5H3,(H,32,36)(H,33,37)(H,34,38). The molecule has 2 atom stereocenters. The van der Waals surface area contributed by atoms with Gasteiger partial charge in [0.25, 0.3) is 5.91 Å². The zero-order valence-electron chi connectivity index (χ0n) is 23.0. The Balaban J connectivity index is 2.21. The van der Waals surface area contributed by atoms with Gasteiger partial charge in [0.15, 0.2) is 0 Å². The van der Waals surface area contributed by atoms with Crippen molar-refractivity contribution in [3.05, 3.63) is 70.8 Å². The zero-order valence-corrected chi connectivity index (χ0v) is 23.0. The normalized spacial score (nSPS) is 13.0. The van der Waals surface area contributed by atoms with Gasteiger partial charge in [0.1, 0.15) is 11.6 Å². The van der Waals surface area contributed by atoms with Crippen molar-refractivity contribution in [1.29, 1.82) is 0 Å². The van der Waals surface area contributed by atoms with E-state index < -0.39 is 53.3 Å². The predicted octanol–water partition coefficient (Wildman–Crippen LogP) is 4.83. The van der Waals surface area contributed by atoms with Gasteiger partial charge in [-0.2, -0.15) is 13.2 Å². The van der Waals surface area contributed by atoms with E-state index in [0.29, 0.717) is 17.5 Å². The van der Waals surface area contributed by atoms with Crippen LogP contribution in [0.1, 0.15) is 79.7 Å². The predicted molar refractivity (Wildman–Crippen MR) is 140 cm³/mol. The Morgan fingerprint density at radius 1 is 0.875 bits per heavy atom. The van der Waals surface area contributed by atoms with E-state index in [0.717, 1.165) is 24.3 Å². The largest absolute Gasteiger partial charge is 0.469 e. The molecule has 2 aromatic carbocycles. The summed E-state index contributed by atoms with van der Waals surface area (Å²) >= 11 is 0. The minimum atomic E-state index is -4.56. The maximum atomic E-state index is 13.3. The molecule has 40 heavy (non-hydrogen) atoms. The highest BCUT2D eigenvalue weighted by molar-refractivity contribution is 5.94. The third-order valence-corrected chi connectivity index (χ3v) is 5.64. The highest BCUT2D eigenvalue weighted by Crippen LogP contribution is 2.30. The van der Waals surface area contributed by atoms with Crippen LogP contribution in [0.4, 0.5) is 18.0 Å². The molecule has 218 valence electrons. The third-order valence-electron chi connectivity index (χ3n) is 5.64. The van der Waals surface area contributed by atoms with Crippen LogP contribution in [0.2, 0.25) is 0 Å². The Morgan fingerprint density at radius 2 is 1.45 bits per heavy atom. The van der Waals surface area contributed by atoms with Gasteiger partial charge >= 0.3 is 18.2 Å². The van der Waals surface area contributed by atoms with Crippen molar-refractivity contribution in [2.45, 2.75) is 64.4 Å². The van der Waals surface area contributed by atoms with Gasteiger partial charge < -0.3 is 25.4 Å². The van der Waals surface area contributed by atoms with Crippen LogP contribution in [0.5, 0.6) is 0 Å². The van der Waals surface area contributed by atoms with Crippen molar-refractivity contribution < 1.29 is 41.8 Å². The van der Waals surface area contributed by atoms with Crippen molar-refractivity contribution in [2.75, 3.05) is 13.7 Å². The monoisotopic (exact) mass is 565 g/mol. The summed E-state index contributed by atoms with van der Waals surface area (Å²) in [5, 5.41) is 7.86. The van der Waals surface area contributed by atoms with E-state index in [9.17, 15) is 32.3 Å². The number of carbonyl (C=O) groups is 4. The number of nitrogens with one attached hydrogen (secondary N) is 3. The van der Waals surface area contributed by atoms with Crippen LogP contribution in [-0.4, -0.2) is 43.1 Å². The Hall–Kier alpha value is -4.09. The average Bonchev–Trinajstić information content (AvgIpc) is 2.88. The molecule has 9 nitrogen and oxygen atoms in total. The van der Waals surface area contributed by atoms with Crippen LogP contribution in [0.15, 0.2) is 48.5 Å². The van der Waals surface area contributed by atoms with Crippen LogP contribution in [-0.2, 0) is 25.2 Å². The van der Waals surface area contributed by atoms with Gasteiger partial charge in [0.2, 0.25) is 5.91 Å². The summed E-state index contributed by atoms with van der Waals surface area (Å²) in [6.45, 7) is 6.82. The fourth-order valence-electron chi connectivity index (χ4n) is 3.62. The first-order chi connectivity index (χ1) is 18.6. The Bertz CT molecular complexity index is 1180. The number of hydrogen-bond acceptors (Lipinski definition) is 6. The van der Waals surface area contributed by atoms with Crippen LogP contribution < -0.4 is 16.0 Å². The lowest BCUT2D eigenvalue weighted by Crippen LogP contribution is -2.43. The van der Waals surface area contributed by atoms with Gasteiger partial charge in [-0.3, -0.25) is 14.4 Å². The molecule has 3 amide bonds. The summed E-state index contributed by atoms with van der Waals surface area (Å²) in [7, 11) is 1.26. The smallest absolute Gasteiger partial charge is 0.416 e. The van der Waals surface area contributed by atoms with Gasteiger partial charge in [0, 0.05) is 12.1 Å². The summed E-state index contributed by atoms with van der Waals surface area (Å²) in [5.74, 6) is -1.51. The van der Waals surface area contributed by atoms with E-state index in [4.69, 9.17) is 4.74 Å². The topological polar surface area (TPSA) is 123 Å². The quantitative estimate of drug-likeness (QED) is 0.355. The maximum Gasteiger partial charge on any atom is 0.416 e. The number of esters is 1. The fourth-order valence-corrected chi connectivity index (χ4v) is 3.62. The number of benzene rings is 2. The molecule has 0 saturated heterocycles. The molecule has 0 aliphatic rings. The van der Waals surface area contributed by atoms with E-state index in [-0.39, 0.29) is 18.5 Å². The molecule has 0 aromatic heterocycles. The molecule has 0 aliphatic heterocycles. The van der Waals surface area contributed by atoms with Gasteiger partial charge in [0.05, 0.1) is 25.1 Å². The molecule has 12 heteroatoms. The fraction of sp³-hybridized carbons (Fsp3) is 0.429. The molecule has 0 aliphatic carbocycles. The second-order valence-corrected chi connectivity index (χ2v) is 9.87. The Morgan fingerprint density at radius 3 is 1.95 bits per heavy atom. The highest BCUT2D eigenvalue weighted by atomic mass is 19.4. The SMILES string of the molecule is CCC(NC(=O)C(NC(=O)OC(C)(C)C)c1ccc(C(F)(F)F)cc1)c1ccc(C(=O)NCCC(=O)OC)cc1. The van der Waals surface area contributed by atoms with Crippen molar-refractivity contribution in [1.82, 2.24) is 16.0 Å². The molecule has 0 heterocycles. The number of methoxy groups -OCH3 is 1. The molecule has 3 N–H and O–H groups in total. The zero-order chi connectivity index (χ0) is 30.1. The van der Waals surface area contributed by atoms with Crippen LogP contribution >= 0.6 is 0 Å². The van der Waals surface area contributed by atoms with Crippen LogP contribution in [0, 0.1) is 0 Å². The second kappa shape index (κ2) is 13.8. The minimum absolute atomic E-state index is 0.0295. The number of hydrogen-bond donors (Lipinski definition) is 3. The average molecular weight is 566 g/mol. The van der Waals surface area contributed by atoms with Gasteiger partial charge in [-0.25, -0.2) is 4.79 Å². The number of halogens is 3. The molecule has 2 unspecified atom stereocenters. The Labute approximate surface area is 230 Å². The van der Waals surface area contributed by atoms with Crippen molar-refractivity contribution in [3.8, 4) is 0 Å². The van der Waals surface area contributed by atoms with Crippen LogP contribution in [0.3, 0.4) is 0 Å². The number of alkyl halides is 3. The summed E-state index contributed by atoms with van der Waals surface area (Å²) in [4.78, 5) is 49.3. The highest BCUT2D eigenvalue weighted by Gasteiger charge is 2.32. The molecule has 2 rings (SSSR count). The van der Waals surface area contributed by atoms with Crippen molar-refractivity contribution in [2.24, 2.45) is 0 Å². The van der Waals surface area contributed by atoms with Gasteiger partial charge in [-0.15, -0.1) is 0 Å². The first kappa shape index (κ1) is 32.1. The number of rotatable bonds is 10. The molecule has 0 spiro atoms. The van der Waals surface area contributed by atoms with Gasteiger partial charge in [-0.1, -0.05) is 31.2 Å². The summed E-state index contributed by atoms with van der Waals surface area (Å²) in [6.07, 6.45) is -5.01. The van der Waals surface area contributed by atoms with Crippen molar-refractivity contribution >= 4 is 23.9 Å². The second-order valence-electron chi connectivity index (χ2n) is 9.87. The minimum Gasteiger partial charge on any atom is -0.469 e. The number of carbonyl (C=O) groups excluding carboxylic acids is 4. The summed E-state index contributed by atoms with van der Waals surface area (Å²) in [5.41, 5.74) is -0.641. The van der Waals surface area contributed by atoms with E-state index in [1.165, 1.54) is 7.11 Å². The molecule has 2 aromatic rings. The maximum absolute atomic E-state index is 13.3. The number of amides is 3. The summed E-state index contributed by atoms with van der Waals surface area (Å²) in [6, 6.07) is 8.45. The lowest BCUT2D eigenvalue weighted by atomic mass is 10.00. The molecule has 0 fully saturated rings. The van der Waals surface area contributed by atoms with E-state index >= 15 is 0 Å². The molecular formula is C28H34F3N3O6. The third kappa shape index (κ3) is 9.90. The summed E-state index contributed by atoms with van der Waals surface area (Å²) < 4.78 is 48.9. The molecule has 0 saturated carbocycles. The van der Waals surface area contributed by atoms with Crippen LogP contribution in [0.25, 0.3) is 0 Å². The van der Waals surface area contributed by atoms with E-state index in [1.54, 1.807) is 45.0 Å². The first-order valence-electron chi connectivity index (χ1n) is 12.6. The molecule has 0 radical (unpaired) electrons. The lowest BCUT2D eigenvalue weighted by Gasteiger charge is -2.26. The molecule has 0 bridgehead atoms. The first-order valence-corrected chi connectivity index (χ1v) is 12.6. The number of ether oxygens (including phenoxy) is 2. The van der Waals surface area contributed by atoms with Gasteiger partial charge in [-0.05, 0) is 62.6 Å². The van der Waals surface area contributed by atoms with Crippen molar-refractivity contribution in [3.63, 3.8) is 0 Å².